The van der Waals surface area contributed by atoms with Crippen molar-refractivity contribution in [3.8, 4) is 0 Å². The second-order valence-electron chi connectivity index (χ2n) is 7.24. The van der Waals surface area contributed by atoms with Crippen LogP contribution in [0, 0.1) is 11.8 Å². The molecule has 0 aromatic carbocycles. The number of nitrogens with one attached hydrogen (secondary N) is 1. The Bertz CT molecular complexity index is 262. The first kappa shape index (κ1) is 21.1. The van der Waals surface area contributed by atoms with Crippen molar-refractivity contribution in [2.24, 2.45) is 11.8 Å². The maximum absolute atomic E-state index is 8.78. The van der Waals surface area contributed by atoms with E-state index in [0.717, 1.165) is 13.0 Å². The molecule has 0 rings (SSSR count). The zero-order chi connectivity index (χ0) is 16.5. The fourth-order valence-corrected chi connectivity index (χ4v) is 5.71. The van der Waals surface area contributed by atoms with Crippen LogP contribution in [0.2, 0.25) is 19.1 Å². The molecule has 0 heterocycles. The van der Waals surface area contributed by atoms with Crippen molar-refractivity contribution in [2.45, 2.75) is 78.6 Å². The Morgan fingerprint density at radius 1 is 1.10 bits per heavy atom. The number of aliphatic hydroxyl groups excluding tert-OH is 1. The predicted octanol–water partition coefficient (Wildman–Crippen LogP) is 4.03. The van der Waals surface area contributed by atoms with E-state index in [-0.39, 0.29) is 12.2 Å². The minimum absolute atomic E-state index is 0.00223. The molecule has 21 heavy (non-hydrogen) atoms. The number of rotatable bonds is 12. The van der Waals surface area contributed by atoms with Gasteiger partial charge in [-0.3, -0.25) is 0 Å². The fourth-order valence-electron chi connectivity index (χ4n) is 2.99. The monoisotopic (exact) mass is 317 g/mol. The molecule has 0 aromatic heterocycles. The third-order valence-corrected chi connectivity index (χ3v) is 7.65. The summed E-state index contributed by atoms with van der Waals surface area (Å²) in [6.07, 6.45) is 3.48. The van der Waals surface area contributed by atoms with E-state index in [0.29, 0.717) is 18.4 Å². The normalized spacial score (nSPS) is 18.3. The minimum atomic E-state index is -1.66. The van der Waals surface area contributed by atoms with Gasteiger partial charge in [0.1, 0.15) is 0 Å². The second-order valence-corrected chi connectivity index (χ2v) is 11.5. The van der Waals surface area contributed by atoms with Gasteiger partial charge in [0.05, 0.1) is 12.2 Å². The Kier molecular flexibility index (Phi) is 10.0. The summed E-state index contributed by atoms with van der Waals surface area (Å²) in [7, 11) is -1.66. The highest BCUT2D eigenvalue weighted by Crippen LogP contribution is 2.37. The summed E-state index contributed by atoms with van der Waals surface area (Å²) in [4.78, 5) is 0. The summed E-state index contributed by atoms with van der Waals surface area (Å²) < 4.78 is 6.80. The molecule has 0 aliphatic rings. The molecule has 0 radical (unpaired) electrons. The first-order valence-electron chi connectivity index (χ1n) is 8.75. The van der Waals surface area contributed by atoms with E-state index >= 15 is 0 Å². The van der Waals surface area contributed by atoms with E-state index in [2.05, 4.69) is 53.0 Å². The van der Waals surface area contributed by atoms with E-state index in [1.54, 1.807) is 0 Å². The first-order chi connectivity index (χ1) is 9.73. The van der Waals surface area contributed by atoms with Crippen LogP contribution < -0.4 is 5.32 Å². The number of hydrogen-bond donors (Lipinski definition) is 2. The smallest absolute Gasteiger partial charge is 0.187 e. The van der Waals surface area contributed by atoms with Crippen molar-refractivity contribution in [1.29, 1.82) is 0 Å². The Hall–Kier alpha value is 0.0969. The summed E-state index contributed by atoms with van der Waals surface area (Å²) in [6, 6.07) is 1.17. The Morgan fingerprint density at radius 2 is 1.62 bits per heavy atom. The molecule has 2 unspecified atom stereocenters. The maximum Gasteiger partial charge on any atom is 0.187 e. The van der Waals surface area contributed by atoms with Gasteiger partial charge in [-0.15, -0.1) is 0 Å². The highest BCUT2D eigenvalue weighted by atomic mass is 28.4. The van der Waals surface area contributed by atoms with E-state index in [1.807, 2.05) is 0 Å². The molecule has 2 atom stereocenters. The average Bonchev–Trinajstić information content (AvgIpc) is 2.44. The molecule has 4 heteroatoms. The Morgan fingerprint density at radius 3 is 2.05 bits per heavy atom. The lowest BCUT2D eigenvalue weighted by Crippen LogP contribution is -2.50. The van der Waals surface area contributed by atoms with Crippen LogP contribution in [0.3, 0.4) is 0 Å². The van der Waals surface area contributed by atoms with Crippen molar-refractivity contribution in [1.82, 2.24) is 5.32 Å². The molecule has 0 spiro atoms. The molecule has 0 saturated heterocycles. The van der Waals surface area contributed by atoms with Crippen LogP contribution >= 0.6 is 0 Å². The lowest BCUT2D eigenvalue weighted by molar-refractivity contribution is -0.0279. The third kappa shape index (κ3) is 7.27. The average molecular weight is 318 g/mol. The maximum atomic E-state index is 8.78. The summed E-state index contributed by atoms with van der Waals surface area (Å²) in [5.41, 5.74) is -0.00223. The van der Waals surface area contributed by atoms with Gasteiger partial charge < -0.3 is 14.8 Å². The molecule has 0 aromatic rings. The SMILES string of the molecule is CCC(C)C(C)(O[Si](C)(C)CCCNCCO)C(C)CC. The molecular formula is C17H39NO2Si. The van der Waals surface area contributed by atoms with Gasteiger partial charge in [0, 0.05) is 6.54 Å². The van der Waals surface area contributed by atoms with Crippen LogP contribution in [0.1, 0.15) is 53.9 Å². The standard InChI is InChI=1S/C17H39NO2Si/c1-8-15(3)17(5,16(4)9-2)20-21(6,7)14-10-11-18-12-13-19/h15-16,18-19H,8-14H2,1-7H3. The predicted molar refractivity (Wildman–Crippen MR) is 95.3 cm³/mol. The number of hydrogen-bond acceptors (Lipinski definition) is 3. The highest BCUT2D eigenvalue weighted by molar-refractivity contribution is 6.71. The molecule has 3 nitrogen and oxygen atoms in total. The number of aliphatic hydroxyl groups is 1. The molecular weight excluding hydrogens is 278 g/mol. The lowest BCUT2D eigenvalue weighted by atomic mass is 9.78. The van der Waals surface area contributed by atoms with Gasteiger partial charge in [0.2, 0.25) is 0 Å². The zero-order valence-corrected chi connectivity index (χ0v) is 16.5. The Labute approximate surface area is 134 Å². The molecule has 0 saturated carbocycles. The third-order valence-electron chi connectivity index (χ3n) is 5.10. The molecule has 0 amide bonds. The van der Waals surface area contributed by atoms with Crippen LogP contribution in [0.25, 0.3) is 0 Å². The van der Waals surface area contributed by atoms with E-state index < -0.39 is 8.32 Å². The molecule has 0 fully saturated rings. The van der Waals surface area contributed by atoms with Gasteiger partial charge in [0.25, 0.3) is 0 Å². The summed E-state index contributed by atoms with van der Waals surface area (Å²) in [6.45, 7) is 18.1. The first-order valence-corrected chi connectivity index (χ1v) is 11.9. The molecule has 0 bridgehead atoms. The summed E-state index contributed by atoms with van der Waals surface area (Å²) in [5.74, 6) is 1.18. The quantitative estimate of drug-likeness (QED) is 0.422. The molecule has 0 aliphatic heterocycles. The van der Waals surface area contributed by atoms with Crippen molar-refractivity contribution in [2.75, 3.05) is 19.7 Å². The largest absolute Gasteiger partial charge is 0.412 e. The second kappa shape index (κ2) is 9.98. The van der Waals surface area contributed by atoms with Crippen molar-refractivity contribution < 1.29 is 9.53 Å². The molecule has 128 valence electrons. The van der Waals surface area contributed by atoms with E-state index in [4.69, 9.17) is 9.53 Å². The van der Waals surface area contributed by atoms with Crippen molar-refractivity contribution >= 4 is 8.32 Å². The molecule has 2 N–H and O–H groups in total. The van der Waals surface area contributed by atoms with Crippen LogP contribution in [0.4, 0.5) is 0 Å². The minimum Gasteiger partial charge on any atom is -0.412 e. The van der Waals surface area contributed by atoms with Gasteiger partial charge in [-0.2, -0.15) is 0 Å². The van der Waals surface area contributed by atoms with Crippen molar-refractivity contribution in [3.05, 3.63) is 0 Å². The summed E-state index contributed by atoms with van der Waals surface area (Å²) >= 11 is 0. The summed E-state index contributed by atoms with van der Waals surface area (Å²) in [5, 5.41) is 12.0. The van der Waals surface area contributed by atoms with Gasteiger partial charge in [-0.1, -0.05) is 40.5 Å². The fraction of sp³-hybridized carbons (Fsp3) is 1.00. The highest BCUT2D eigenvalue weighted by Gasteiger charge is 2.41. The van der Waals surface area contributed by atoms with Gasteiger partial charge in [-0.25, -0.2) is 0 Å². The van der Waals surface area contributed by atoms with E-state index in [9.17, 15) is 0 Å². The van der Waals surface area contributed by atoms with E-state index in [1.165, 1.54) is 18.9 Å². The zero-order valence-electron chi connectivity index (χ0n) is 15.5. The lowest BCUT2D eigenvalue weighted by Gasteiger charge is -2.46. The van der Waals surface area contributed by atoms with Crippen LogP contribution in [-0.4, -0.2) is 38.7 Å². The van der Waals surface area contributed by atoms with Crippen molar-refractivity contribution in [3.63, 3.8) is 0 Å². The molecule has 0 aliphatic carbocycles. The van der Waals surface area contributed by atoms with Crippen LogP contribution in [0.5, 0.6) is 0 Å². The van der Waals surface area contributed by atoms with Gasteiger partial charge in [0.15, 0.2) is 8.32 Å². The van der Waals surface area contributed by atoms with Crippen LogP contribution in [-0.2, 0) is 4.43 Å². The topological polar surface area (TPSA) is 41.5 Å². The van der Waals surface area contributed by atoms with Gasteiger partial charge >= 0.3 is 0 Å². The van der Waals surface area contributed by atoms with Crippen LogP contribution in [0.15, 0.2) is 0 Å². The Balaban J connectivity index is 4.59. The van der Waals surface area contributed by atoms with Gasteiger partial charge in [-0.05, 0) is 50.9 Å².